The van der Waals surface area contributed by atoms with Crippen LogP contribution in [-0.2, 0) is 25.7 Å². The van der Waals surface area contributed by atoms with E-state index >= 15 is 0 Å². The van der Waals surface area contributed by atoms with Crippen LogP contribution in [0, 0.1) is 17.8 Å². The third kappa shape index (κ3) is 3.69. The smallest absolute Gasteiger partial charge is 0.234 e. The molecule has 38 heavy (non-hydrogen) atoms. The second kappa shape index (κ2) is 9.20. The molecule has 1 heterocycles. The second-order valence-electron chi connectivity index (χ2n) is 10.1. The van der Waals surface area contributed by atoms with Gasteiger partial charge in [0.15, 0.2) is 23.1 Å². The third-order valence-electron chi connectivity index (χ3n) is 8.14. The van der Waals surface area contributed by atoms with Gasteiger partial charge in [0, 0.05) is 23.1 Å². The molecule has 4 atom stereocenters. The van der Waals surface area contributed by atoms with Crippen LogP contribution in [0.25, 0.3) is 0 Å². The first-order valence-corrected chi connectivity index (χ1v) is 13.2. The van der Waals surface area contributed by atoms with Crippen LogP contribution in [0.15, 0.2) is 81.9 Å². The van der Waals surface area contributed by atoms with Crippen molar-refractivity contribution in [1.29, 1.82) is 0 Å². The molecule has 0 aromatic heterocycles. The Bertz CT molecular complexity index is 1500. The molecule has 8 heteroatoms. The summed E-state index contributed by atoms with van der Waals surface area (Å²) in [5.41, 5.74) is 3.04. The first-order chi connectivity index (χ1) is 18.3. The largest absolute Gasteiger partial charge is 0.504 e. The standard InChI is InChI=1S/C30H24BrNO6/c1-38-24-10-7-16(11-22(24)33)25-17-8-9-18-26(19(17)12-20-27(25)23(34)13-21(31)28(20)35)30(37)32(29(18)36)14-15-5-3-2-4-6-15/h2-8,10-11,13,18-19,25-26,33H,9,12,14H2,1H3. The van der Waals surface area contributed by atoms with Crippen molar-refractivity contribution in [3.05, 3.63) is 93.0 Å². The van der Waals surface area contributed by atoms with E-state index in [0.29, 0.717) is 23.1 Å². The van der Waals surface area contributed by atoms with Crippen molar-refractivity contribution in [3.8, 4) is 11.5 Å². The number of imide groups is 1. The van der Waals surface area contributed by atoms with Gasteiger partial charge in [-0.1, -0.05) is 48.0 Å². The number of hydrogen-bond acceptors (Lipinski definition) is 6. The summed E-state index contributed by atoms with van der Waals surface area (Å²) in [5.74, 6) is -3.01. The maximum Gasteiger partial charge on any atom is 0.234 e. The highest BCUT2D eigenvalue weighted by Gasteiger charge is 2.56. The van der Waals surface area contributed by atoms with Gasteiger partial charge in [0.05, 0.1) is 30.0 Å². The topological polar surface area (TPSA) is 101 Å². The number of likely N-dealkylation sites (tertiary alicyclic amines) is 1. The number of carbonyl (C=O) groups is 4. The summed E-state index contributed by atoms with van der Waals surface area (Å²) < 4.78 is 5.37. The number of carbonyl (C=O) groups excluding carboxylic acids is 4. The Morgan fingerprint density at radius 3 is 2.50 bits per heavy atom. The van der Waals surface area contributed by atoms with E-state index in [9.17, 15) is 24.3 Å². The quantitative estimate of drug-likeness (QED) is 0.331. The number of hydrogen-bond donors (Lipinski definition) is 1. The number of amides is 2. The van der Waals surface area contributed by atoms with Crippen LogP contribution in [0.5, 0.6) is 11.5 Å². The van der Waals surface area contributed by atoms with Crippen molar-refractivity contribution in [3.63, 3.8) is 0 Å². The van der Waals surface area contributed by atoms with Crippen molar-refractivity contribution < 1.29 is 29.0 Å². The Kier molecular flexibility index (Phi) is 5.94. The molecule has 0 saturated carbocycles. The summed E-state index contributed by atoms with van der Waals surface area (Å²) in [6.07, 6.45) is 3.82. The molecule has 1 fully saturated rings. The molecule has 1 N–H and O–H groups in total. The number of Topliss-reactive ketones (excluding diaryl/α,β-unsaturated/α-hetero) is 1. The average molecular weight is 574 g/mol. The lowest BCUT2D eigenvalue weighted by atomic mass is 9.59. The maximum absolute atomic E-state index is 13.8. The molecule has 0 radical (unpaired) electrons. The number of phenols is 1. The van der Waals surface area contributed by atoms with Gasteiger partial charge in [-0.25, -0.2) is 0 Å². The summed E-state index contributed by atoms with van der Waals surface area (Å²) in [6, 6.07) is 14.3. The molecule has 1 aliphatic heterocycles. The van der Waals surface area contributed by atoms with E-state index in [-0.39, 0.29) is 52.3 Å². The molecule has 6 rings (SSSR count). The number of nitrogens with zero attached hydrogens (tertiary/aromatic N) is 1. The summed E-state index contributed by atoms with van der Waals surface area (Å²) >= 11 is 3.23. The van der Waals surface area contributed by atoms with Crippen molar-refractivity contribution in [2.75, 3.05) is 7.11 Å². The first kappa shape index (κ1) is 24.6. The first-order valence-electron chi connectivity index (χ1n) is 12.5. The van der Waals surface area contributed by atoms with Crippen LogP contribution in [0.4, 0.5) is 0 Å². The molecule has 4 aliphatic rings. The lowest BCUT2D eigenvalue weighted by molar-refractivity contribution is -0.140. The Hall–Kier alpha value is -3.78. The van der Waals surface area contributed by atoms with Crippen LogP contribution in [0.2, 0.25) is 0 Å². The highest BCUT2D eigenvalue weighted by Crippen LogP contribution is 2.55. The Morgan fingerprint density at radius 2 is 1.79 bits per heavy atom. The number of ketones is 2. The van der Waals surface area contributed by atoms with Crippen molar-refractivity contribution in [2.24, 2.45) is 17.8 Å². The minimum Gasteiger partial charge on any atom is -0.504 e. The number of allylic oxidation sites excluding steroid dienone is 6. The van der Waals surface area contributed by atoms with E-state index in [1.165, 1.54) is 24.2 Å². The van der Waals surface area contributed by atoms with Gasteiger partial charge < -0.3 is 9.84 Å². The molecule has 2 amide bonds. The van der Waals surface area contributed by atoms with Crippen molar-refractivity contribution >= 4 is 39.3 Å². The molecule has 4 unspecified atom stereocenters. The number of aromatic hydroxyl groups is 1. The van der Waals surface area contributed by atoms with Gasteiger partial charge >= 0.3 is 0 Å². The van der Waals surface area contributed by atoms with Crippen molar-refractivity contribution in [2.45, 2.75) is 25.3 Å². The van der Waals surface area contributed by atoms with Crippen LogP contribution >= 0.6 is 15.9 Å². The average Bonchev–Trinajstić information content (AvgIpc) is 3.16. The molecule has 3 aliphatic carbocycles. The fraction of sp³-hybridized carbons (Fsp3) is 0.267. The van der Waals surface area contributed by atoms with Gasteiger partial charge in [-0.2, -0.15) is 0 Å². The highest BCUT2D eigenvalue weighted by molar-refractivity contribution is 9.12. The zero-order valence-electron chi connectivity index (χ0n) is 20.5. The normalized spacial score (nSPS) is 26.5. The molecule has 0 spiro atoms. The van der Waals surface area contributed by atoms with Gasteiger partial charge in [0.25, 0.3) is 0 Å². The zero-order chi connectivity index (χ0) is 26.7. The van der Waals surface area contributed by atoms with E-state index in [0.717, 1.165) is 11.1 Å². The zero-order valence-corrected chi connectivity index (χ0v) is 22.1. The summed E-state index contributed by atoms with van der Waals surface area (Å²) in [7, 11) is 1.45. The van der Waals surface area contributed by atoms with Gasteiger partial charge in [0.2, 0.25) is 11.8 Å². The molecule has 0 bridgehead atoms. The van der Waals surface area contributed by atoms with Crippen LogP contribution in [0.1, 0.15) is 29.9 Å². The van der Waals surface area contributed by atoms with E-state index in [2.05, 4.69) is 15.9 Å². The monoisotopic (exact) mass is 573 g/mol. The molecule has 1 saturated heterocycles. The minimum atomic E-state index is -0.624. The highest BCUT2D eigenvalue weighted by atomic mass is 79.9. The predicted octanol–water partition coefficient (Wildman–Crippen LogP) is 4.36. The molecule has 2 aromatic rings. The second-order valence-corrected chi connectivity index (χ2v) is 10.9. The number of rotatable bonds is 4. The molecule has 2 aromatic carbocycles. The lowest BCUT2D eigenvalue weighted by Gasteiger charge is -2.42. The Labute approximate surface area is 227 Å². The number of fused-ring (bicyclic) bond motifs is 3. The van der Waals surface area contributed by atoms with Gasteiger partial charge in [-0.15, -0.1) is 0 Å². The predicted molar refractivity (Wildman–Crippen MR) is 141 cm³/mol. The summed E-state index contributed by atoms with van der Waals surface area (Å²) in [5, 5.41) is 10.5. The minimum absolute atomic E-state index is 0.0870. The fourth-order valence-corrected chi connectivity index (χ4v) is 6.91. The Balaban J connectivity index is 1.45. The molecule has 7 nitrogen and oxygen atoms in total. The van der Waals surface area contributed by atoms with Gasteiger partial charge in [-0.05, 0) is 57.9 Å². The van der Waals surface area contributed by atoms with Crippen molar-refractivity contribution in [1.82, 2.24) is 4.90 Å². The van der Waals surface area contributed by atoms with E-state index < -0.39 is 23.7 Å². The number of benzene rings is 2. The van der Waals surface area contributed by atoms with Gasteiger partial charge in [-0.3, -0.25) is 24.1 Å². The molecular weight excluding hydrogens is 550 g/mol. The van der Waals surface area contributed by atoms with E-state index in [1.807, 2.05) is 36.4 Å². The summed E-state index contributed by atoms with van der Waals surface area (Å²) in [6.45, 7) is 0.197. The van der Waals surface area contributed by atoms with E-state index in [1.54, 1.807) is 12.1 Å². The molecular formula is C30H24BrNO6. The van der Waals surface area contributed by atoms with Gasteiger partial charge in [0.1, 0.15) is 0 Å². The fourth-order valence-electron chi connectivity index (χ4n) is 6.46. The summed E-state index contributed by atoms with van der Waals surface area (Å²) in [4.78, 5) is 55.1. The number of phenolic OH excluding ortho intramolecular Hbond substituents is 1. The Morgan fingerprint density at radius 1 is 1.03 bits per heavy atom. The SMILES string of the molecule is COc1ccc(C2C3=CCC4C(=O)N(Cc5ccccc5)C(=O)C4C3CC3=C2C(=O)C=C(Br)C3=O)cc1O. The van der Waals surface area contributed by atoms with E-state index in [4.69, 9.17) is 4.74 Å². The lowest BCUT2D eigenvalue weighted by Crippen LogP contribution is -2.39. The number of methoxy groups -OCH3 is 1. The molecule has 192 valence electrons. The van der Waals surface area contributed by atoms with Crippen LogP contribution in [0.3, 0.4) is 0 Å². The van der Waals surface area contributed by atoms with Crippen LogP contribution in [-0.4, -0.2) is 40.5 Å². The number of halogens is 1. The van der Waals surface area contributed by atoms with Crippen LogP contribution < -0.4 is 4.74 Å². The third-order valence-corrected chi connectivity index (χ3v) is 8.73. The number of ether oxygens (including phenoxy) is 1. The maximum atomic E-state index is 13.8.